The standard InChI is InChI=1S/C24H28N4O4/c29-21-8-6-20(7-9-21)25-23(31)19-10-11-26(16-19)17-22(30)27-12-14-28(15-13-27)24(32)18-4-2-1-3-5-18/h1-9,19,29H,10-17H2,(H,25,31)/t19-/m1/s1. The molecule has 1 atom stereocenters. The molecule has 4 rings (SSSR count). The number of hydrogen-bond acceptors (Lipinski definition) is 5. The van der Waals surface area contributed by atoms with Crippen molar-refractivity contribution in [1.29, 1.82) is 0 Å². The van der Waals surface area contributed by atoms with Crippen LogP contribution in [0.15, 0.2) is 54.6 Å². The Bertz CT molecular complexity index is 956. The second-order valence-electron chi connectivity index (χ2n) is 8.30. The Hall–Kier alpha value is -3.39. The van der Waals surface area contributed by atoms with Gasteiger partial charge in [0.05, 0.1) is 12.5 Å². The van der Waals surface area contributed by atoms with Crippen LogP contribution in [0.1, 0.15) is 16.8 Å². The van der Waals surface area contributed by atoms with Crippen LogP contribution in [0.4, 0.5) is 5.69 Å². The maximum atomic E-state index is 12.8. The van der Waals surface area contributed by atoms with Gasteiger partial charge < -0.3 is 20.2 Å². The number of aromatic hydroxyl groups is 1. The number of anilines is 1. The summed E-state index contributed by atoms with van der Waals surface area (Å²) in [5.41, 5.74) is 1.31. The van der Waals surface area contributed by atoms with Gasteiger partial charge in [-0.1, -0.05) is 18.2 Å². The van der Waals surface area contributed by atoms with Crippen molar-refractivity contribution in [3.05, 3.63) is 60.2 Å². The normalized spacial score (nSPS) is 19.1. The van der Waals surface area contributed by atoms with Crippen LogP contribution in [0.2, 0.25) is 0 Å². The Morgan fingerprint density at radius 1 is 0.875 bits per heavy atom. The van der Waals surface area contributed by atoms with Gasteiger partial charge in [0, 0.05) is 44.0 Å². The number of nitrogens with zero attached hydrogens (tertiary/aromatic N) is 3. The molecule has 168 valence electrons. The first kappa shape index (κ1) is 21.8. The van der Waals surface area contributed by atoms with E-state index in [4.69, 9.17) is 0 Å². The van der Waals surface area contributed by atoms with Crippen molar-refractivity contribution in [2.75, 3.05) is 51.1 Å². The number of amides is 3. The van der Waals surface area contributed by atoms with Gasteiger partial charge >= 0.3 is 0 Å². The van der Waals surface area contributed by atoms with E-state index in [0.29, 0.717) is 56.9 Å². The fourth-order valence-electron chi connectivity index (χ4n) is 4.19. The van der Waals surface area contributed by atoms with Gasteiger partial charge in [-0.15, -0.1) is 0 Å². The lowest BCUT2D eigenvalue weighted by molar-refractivity contribution is -0.133. The Morgan fingerprint density at radius 2 is 1.53 bits per heavy atom. The maximum absolute atomic E-state index is 12.8. The SMILES string of the molecule is O=C(Nc1ccc(O)cc1)[C@@H]1CCN(CC(=O)N2CCN(C(=O)c3ccccc3)CC2)C1. The molecule has 2 N–H and O–H groups in total. The van der Waals surface area contributed by atoms with Crippen LogP contribution in [0.5, 0.6) is 5.75 Å². The van der Waals surface area contributed by atoms with Crippen molar-refractivity contribution < 1.29 is 19.5 Å². The number of likely N-dealkylation sites (tertiary alicyclic amines) is 1. The quantitative estimate of drug-likeness (QED) is 0.695. The Labute approximate surface area is 187 Å². The second kappa shape index (κ2) is 9.82. The minimum atomic E-state index is -0.169. The van der Waals surface area contributed by atoms with E-state index in [0.717, 1.165) is 0 Å². The molecular formula is C24H28N4O4. The molecule has 2 fully saturated rings. The minimum absolute atomic E-state index is 0.000255. The monoisotopic (exact) mass is 436 g/mol. The van der Waals surface area contributed by atoms with E-state index in [1.807, 2.05) is 35.2 Å². The average Bonchev–Trinajstić information content (AvgIpc) is 3.29. The molecule has 0 aromatic heterocycles. The zero-order valence-electron chi connectivity index (χ0n) is 17.9. The third kappa shape index (κ3) is 5.26. The number of nitrogens with one attached hydrogen (secondary N) is 1. The molecule has 2 aromatic carbocycles. The van der Waals surface area contributed by atoms with E-state index in [2.05, 4.69) is 5.32 Å². The lowest BCUT2D eigenvalue weighted by Crippen LogP contribution is -2.52. The molecule has 8 heteroatoms. The van der Waals surface area contributed by atoms with Gasteiger partial charge in [-0.05, 0) is 49.4 Å². The van der Waals surface area contributed by atoms with Crippen LogP contribution in [0.25, 0.3) is 0 Å². The van der Waals surface area contributed by atoms with Crippen molar-refractivity contribution in [2.24, 2.45) is 5.92 Å². The number of benzene rings is 2. The highest BCUT2D eigenvalue weighted by Gasteiger charge is 2.31. The van der Waals surface area contributed by atoms with Crippen LogP contribution in [0.3, 0.4) is 0 Å². The molecule has 0 saturated carbocycles. The maximum Gasteiger partial charge on any atom is 0.253 e. The molecule has 0 radical (unpaired) electrons. The largest absolute Gasteiger partial charge is 0.508 e. The van der Waals surface area contributed by atoms with Crippen LogP contribution >= 0.6 is 0 Å². The van der Waals surface area contributed by atoms with Gasteiger partial charge in [0.25, 0.3) is 5.91 Å². The van der Waals surface area contributed by atoms with Crippen molar-refractivity contribution in [1.82, 2.24) is 14.7 Å². The molecular weight excluding hydrogens is 408 g/mol. The van der Waals surface area contributed by atoms with Gasteiger partial charge in [-0.3, -0.25) is 19.3 Å². The summed E-state index contributed by atoms with van der Waals surface area (Å²) in [6.45, 7) is 3.63. The summed E-state index contributed by atoms with van der Waals surface area (Å²) < 4.78 is 0. The third-order valence-corrected chi connectivity index (χ3v) is 6.08. The first-order valence-corrected chi connectivity index (χ1v) is 10.9. The molecule has 2 aliphatic heterocycles. The number of piperazine rings is 1. The van der Waals surface area contributed by atoms with Crippen molar-refractivity contribution in [3.8, 4) is 5.75 Å². The van der Waals surface area contributed by atoms with E-state index >= 15 is 0 Å². The zero-order chi connectivity index (χ0) is 22.5. The molecule has 3 amide bonds. The smallest absolute Gasteiger partial charge is 0.253 e. The van der Waals surface area contributed by atoms with Crippen molar-refractivity contribution >= 4 is 23.4 Å². The number of carbonyl (C=O) groups is 3. The average molecular weight is 437 g/mol. The summed E-state index contributed by atoms with van der Waals surface area (Å²) >= 11 is 0. The molecule has 2 heterocycles. The summed E-state index contributed by atoms with van der Waals surface area (Å²) in [4.78, 5) is 43.5. The van der Waals surface area contributed by atoms with Crippen LogP contribution in [0, 0.1) is 5.92 Å². The topological polar surface area (TPSA) is 93.2 Å². The van der Waals surface area contributed by atoms with Crippen LogP contribution in [-0.2, 0) is 9.59 Å². The summed E-state index contributed by atoms with van der Waals surface area (Å²) in [5, 5.41) is 12.2. The van der Waals surface area contributed by atoms with E-state index in [-0.39, 0.29) is 35.9 Å². The molecule has 0 aliphatic carbocycles. The fourth-order valence-corrected chi connectivity index (χ4v) is 4.19. The van der Waals surface area contributed by atoms with Crippen LogP contribution < -0.4 is 5.32 Å². The van der Waals surface area contributed by atoms with Gasteiger partial charge in [-0.25, -0.2) is 0 Å². The molecule has 8 nitrogen and oxygen atoms in total. The van der Waals surface area contributed by atoms with Gasteiger partial charge in [0.1, 0.15) is 5.75 Å². The molecule has 0 bridgehead atoms. The Balaban J connectivity index is 1.21. The number of phenols is 1. The molecule has 2 aliphatic rings. The zero-order valence-corrected chi connectivity index (χ0v) is 17.9. The minimum Gasteiger partial charge on any atom is -0.508 e. The highest BCUT2D eigenvalue weighted by atomic mass is 16.3. The van der Waals surface area contributed by atoms with Crippen molar-refractivity contribution in [2.45, 2.75) is 6.42 Å². The van der Waals surface area contributed by atoms with Crippen molar-refractivity contribution in [3.63, 3.8) is 0 Å². The predicted octanol–water partition coefficient (Wildman–Crippen LogP) is 1.64. The molecule has 0 unspecified atom stereocenters. The third-order valence-electron chi connectivity index (χ3n) is 6.08. The highest BCUT2D eigenvalue weighted by Crippen LogP contribution is 2.20. The number of rotatable bonds is 5. The Morgan fingerprint density at radius 3 is 2.22 bits per heavy atom. The lowest BCUT2D eigenvalue weighted by Gasteiger charge is -2.35. The highest BCUT2D eigenvalue weighted by molar-refractivity contribution is 5.94. The fraction of sp³-hybridized carbons (Fsp3) is 0.375. The Kier molecular flexibility index (Phi) is 6.70. The van der Waals surface area contributed by atoms with E-state index in [1.54, 1.807) is 21.9 Å². The second-order valence-corrected chi connectivity index (χ2v) is 8.30. The van der Waals surface area contributed by atoms with E-state index in [9.17, 15) is 19.5 Å². The summed E-state index contributed by atoms with van der Waals surface area (Å²) in [6.07, 6.45) is 0.705. The molecule has 32 heavy (non-hydrogen) atoms. The van der Waals surface area contributed by atoms with Gasteiger partial charge in [0.2, 0.25) is 11.8 Å². The molecule has 2 aromatic rings. The number of carbonyl (C=O) groups excluding carboxylic acids is 3. The predicted molar refractivity (Wildman–Crippen MR) is 120 cm³/mol. The lowest BCUT2D eigenvalue weighted by atomic mass is 10.1. The molecule has 2 saturated heterocycles. The van der Waals surface area contributed by atoms with Gasteiger partial charge in [-0.2, -0.15) is 0 Å². The van der Waals surface area contributed by atoms with Crippen LogP contribution in [-0.4, -0.2) is 83.3 Å². The number of phenolic OH excluding ortho intramolecular Hbond substituents is 1. The first-order valence-electron chi connectivity index (χ1n) is 10.9. The summed E-state index contributed by atoms with van der Waals surface area (Å²) in [6, 6.07) is 15.6. The van der Waals surface area contributed by atoms with E-state index in [1.165, 1.54) is 12.1 Å². The van der Waals surface area contributed by atoms with Gasteiger partial charge in [0.15, 0.2) is 0 Å². The van der Waals surface area contributed by atoms with E-state index < -0.39 is 0 Å². The summed E-state index contributed by atoms with van der Waals surface area (Å²) in [5.74, 6) is -0.0504. The first-order chi connectivity index (χ1) is 15.5. The summed E-state index contributed by atoms with van der Waals surface area (Å²) in [7, 11) is 0. The number of hydrogen-bond donors (Lipinski definition) is 2. The molecule has 0 spiro atoms.